The number of nitrogens with zero attached hydrogens (tertiary/aromatic N) is 1. The van der Waals surface area contributed by atoms with Crippen LogP contribution in [0.5, 0.6) is 0 Å². The first-order valence-corrected chi connectivity index (χ1v) is 9.25. The number of rotatable bonds is 8. The number of nitrogens with one attached hydrogen (secondary N) is 1. The van der Waals surface area contributed by atoms with Crippen LogP contribution in [0.3, 0.4) is 0 Å². The fourth-order valence-electron chi connectivity index (χ4n) is 2.65. The molecule has 0 fully saturated rings. The highest BCUT2D eigenvalue weighted by Gasteiger charge is 2.21. The minimum absolute atomic E-state index is 0.0998. The standard InChI is InChI=1S/C19H24N2O3S/c1-4-6-16-21-13(3)17(25-16)18(22)20-11-15(19(23)24)10-14-8-5-7-12(2)9-14/h5,7-9,15H,4,6,10-11H2,1-3H3,(H,20,22)(H,23,24). The summed E-state index contributed by atoms with van der Waals surface area (Å²) in [5, 5.41) is 13.2. The second-order valence-electron chi connectivity index (χ2n) is 6.21. The van der Waals surface area contributed by atoms with Crippen molar-refractivity contribution >= 4 is 23.2 Å². The number of carboxylic acids is 1. The molecule has 0 radical (unpaired) electrons. The number of aryl methyl sites for hydroxylation is 3. The molecule has 1 unspecified atom stereocenters. The van der Waals surface area contributed by atoms with Crippen LogP contribution in [0.25, 0.3) is 0 Å². The first-order valence-electron chi connectivity index (χ1n) is 8.43. The Labute approximate surface area is 152 Å². The second kappa shape index (κ2) is 8.76. The third-order valence-corrected chi connectivity index (χ3v) is 5.15. The number of benzene rings is 1. The average molecular weight is 360 g/mol. The maximum Gasteiger partial charge on any atom is 0.308 e. The number of aliphatic carboxylic acids is 1. The summed E-state index contributed by atoms with van der Waals surface area (Å²) in [5.74, 6) is -1.81. The molecule has 1 heterocycles. The molecule has 2 N–H and O–H groups in total. The Bertz CT molecular complexity index is 755. The second-order valence-corrected chi connectivity index (χ2v) is 7.29. The number of hydrogen-bond acceptors (Lipinski definition) is 4. The van der Waals surface area contributed by atoms with Gasteiger partial charge in [-0.05, 0) is 38.7 Å². The highest BCUT2D eigenvalue weighted by atomic mass is 32.1. The van der Waals surface area contributed by atoms with E-state index < -0.39 is 11.9 Å². The molecule has 0 saturated heterocycles. The highest BCUT2D eigenvalue weighted by molar-refractivity contribution is 7.13. The van der Waals surface area contributed by atoms with Crippen LogP contribution in [-0.4, -0.2) is 28.5 Å². The summed E-state index contributed by atoms with van der Waals surface area (Å²) in [4.78, 5) is 28.9. The maximum atomic E-state index is 12.4. The van der Waals surface area contributed by atoms with E-state index in [1.54, 1.807) is 0 Å². The zero-order valence-electron chi connectivity index (χ0n) is 14.8. The normalized spacial score (nSPS) is 12.0. The lowest BCUT2D eigenvalue weighted by molar-refractivity contribution is -0.141. The van der Waals surface area contributed by atoms with Gasteiger partial charge in [-0.1, -0.05) is 36.8 Å². The number of amides is 1. The van der Waals surface area contributed by atoms with E-state index in [0.717, 1.165) is 29.0 Å². The molecular formula is C19H24N2O3S. The summed E-state index contributed by atoms with van der Waals surface area (Å²) in [6, 6.07) is 7.77. The van der Waals surface area contributed by atoms with Gasteiger partial charge >= 0.3 is 5.97 Å². The van der Waals surface area contributed by atoms with E-state index in [0.29, 0.717) is 17.0 Å². The van der Waals surface area contributed by atoms with Crippen LogP contribution in [0.4, 0.5) is 0 Å². The van der Waals surface area contributed by atoms with Crippen LogP contribution in [0.2, 0.25) is 0 Å². The van der Waals surface area contributed by atoms with Crippen molar-refractivity contribution in [2.75, 3.05) is 6.54 Å². The van der Waals surface area contributed by atoms with Gasteiger partial charge in [0.15, 0.2) is 0 Å². The predicted octanol–water partition coefficient (Wildman–Crippen LogP) is 3.39. The van der Waals surface area contributed by atoms with E-state index in [1.807, 2.05) is 38.1 Å². The van der Waals surface area contributed by atoms with Crippen molar-refractivity contribution < 1.29 is 14.7 Å². The van der Waals surface area contributed by atoms with E-state index in [9.17, 15) is 14.7 Å². The van der Waals surface area contributed by atoms with E-state index in [1.165, 1.54) is 11.3 Å². The van der Waals surface area contributed by atoms with Gasteiger partial charge in [-0.15, -0.1) is 11.3 Å². The smallest absolute Gasteiger partial charge is 0.308 e. The maximum absolute atomic E-state index is 12.4. The molecular weight excluding hydrogens is 336 g/mol. The number of carboxylic acid groups (broad SMARTS) is 1. The van der Waals surface area contributed by atoms with Crippen molar-refractivity contribution in [1.29, 1.82) is 0 Å². The highest BCUT2D eigenvalue weighted by Crippen LogP contribution is 2.19. The number of hydrogen-bond donors (Lipinski definition) is 2. The third kappa shape index (κ3) is 5.39. The Morgan fingerprint density at radius 3 is 2.72 bits per heavy atom. The average Bonchev–Trinajstić information content (AvgIpc) is 2.92. The molecule has 0 aliphatic heterocycles. The van der Waals surface area contributed by atoms with Crippen LogP contribution in [-0.2, 0) is 17.6 Å². The Morgan fingerprint density at radius 1 is 1.32 bits per heavy atom. The van der Waals surface area contributed by atoms with Gasteiger partial charge in [-0.2, -0.15) is 0 Å². The zero-order chi connectivity index (χ0) is 18.4. The van der Waals surface area contributed by atoms with Crippen LogP contribution < -0.4 is 5.32 Å². The van der Waals surface area contributed by atoms with E-state index >= 15 is 0 Å². The van der Waals surface area contributed by atoms with Crippen molar-refractivity contribution in [3.05, 3.63) is 51.0 Å². The molecule has 1 aromatic heterocycles. The molecule has 0 aliphatic rings. The monoisotopic (exact) mass is 360 g/mol. The quantitative estimate of drug-likeness (QED) is 0.756. The molecule has 6 heteroatoms. The third-order valence-electron chi connectivity index (χ3n) is 3.93. The molecule has 1 amide bonds. The Kier molecular flexibility index (Phi) is 6.70. The number of thiazole rings is 1. The van der Waals surface area contributed by atoms with Crippen molar-refractivity contribution in [1.82, 2.24) is 10.3 Å². The summed E-state index contributed by atoms with van der Waals surface area (Å²) < 4.78 is 0. The van der Waals surface area contributed by atoms with Gasteiger partial charge in [0.2, 0.25) is 0 Å². The number of carbonyl (C=O) groups excluding carboxylic acids is 1. The Hall–Kier alpha value is -2.21. The molecule has 0 saturated carbocycles. The number of aromatic nitrogens is 1. The predicted molar refractivity (Wildman–Crippen MR) is 99.2 cm³/mol. The molecule has 1 aromatic carbocycles. The molecule has 0 bridgehead atoms. The largest absolute Gasteiger partial charge is 0.481 e. The van der Waals surface area contributed by atoms with Gasteiger partial charge in [-0.3, -0.25) is 9.59 Å². The summed E-state index contributed by atoms with van der Waals surface area (Å²) in [5.41, 5.74) is 2.76. The Morgan fingerprint density at radius 2 is 2.08 bits per heavy atom. The van der Waals surface area contributed by atoms with E-state index in [-0.39, 0.29) is 12.5 Å². The molecule has 134 valence electrons. The topological polar surface area (TPSA) is 79.3 Å². The van der Waals surface area contributed by atoms with E-state index in [2.05, 4.69) is 17.2 Å². The van der Waals surface area contributed by atoms with Crippen LogP contribution in [0, 0.1) is 19.8 Å². The summed E-state index contributed by atoms with van der Waals surface area (Å²) in [6.07, 6.45) is 2.22. The first kappa shape index (κ1) is 19.1. The van der Waals surface area contributed by atoms with Crippen molar-refractivity contribution in [2.24, 2.45) is 5.92 Å². The zero-order valence-corrected chi connectivity index (χ0v) is 15.7. The van der Waals surface area contributed by atoms with Gasteiger partial charge in [0.05, 0.1) is 16.6 Å². The summed E-state index contributed by atoms with van der Waals surface area (Å²) in [7, 11) is 0. The minimum atomic E-state index is -0.908. The lowest BCUT2D eigenvalue weighted by atomic mass is 9.98. The summed E-state index contributed by atoms with van der Waals surface area (Å²) >= 11 is 1.39. The van der Waals surface area contributed by atoms with Gasteiger partial charge < -0.3 is 10.4 Å². The Balaban J connectivity index is 2.01. The van der Waals surface area contributed by atoms with Crippen LogP contribution in [0.15, 0.2) is 24.3 Å². The SMILES string of the molecule is CCCc1nc(C)c(C(=O)NCC(Cc2cccc(C)c2)C(=O)O)s1. The molecule has 2 rings (SSSR count). The molecule has 0 spiro atoms. The fraction of sp³-hybridized carbons (Fsp3) is 0.421. The van der Waals surface area contributed by atoms with Gasteiger partial charge in [0.1, 0.15) is 4.88 Å². The molecule has 1 atom stereocenters. The number of carbonyl (C=O) groups is 2. The lowest BCUT2D eigenvalue weighted by Gasteiger charge is -2.13. The van der Waals surface area contributed by atoms with Crippen molar-refractivity contribution in [2.45, 2.75) is 40.0 Å². The van der Waals surface area contributed by atoms with Crippen LogP contribution in [0.1, 0.15) is 44.8 Å². The minimum Gasteiger partial charge on any atom is -0.481 e. The molecule has 2 aromatic rings. The summed E-state index contributed by atoms with van der Waals surface area (Å²) in [6.45, 7) is 5.95. The molecule has 0 aliphatic carbocycles. The van der Waals surface area contributed by atoms with Gasteiger partial charge in [0.25, 0.3) is 5.91 Å². The fourth-order valence-corrected chi connectivity index (χ4v) is 3.73. The molecule has 25 heavy (non-hydrogen) atoms. The lowest BCUT2D eigenvalue weighted by Crippen LogP contribution is -2.34. The molecule has 5 nitrogen and oxygen atoms in total. The van der Waals surface area contributed by atoms with Crippen molar-refractivity contribution in [3.8, 4) is 0 Å². The van der Waals surface area contributed by atoms with Gasteiger partial charge in [0, 0.05) is 6.54 Å². The van der Waals surface area contributed by atoms with E-state index in [4.69, 9.17) is 0 Å². The van der Waals surface area contributed by atoms with Crippen molar-refractivity contribution in [3.63, 3.8) is 0 Å². The first-order chi connectivity index (χ1) is 11.9. The van der Waals surface area contributed by atoms with Crippen LogP contribution >= 0.6 is 11.3 Å². The van der Waals surface area contributed by atoms with Gasteiger partial charge in [-0.25, -0.2) is 4.98 Å².